The molecular weight excluding hydrogens is 266 g/mol. The minimum Gasteiger partial charge on any atom is -0.325 e. The highest BCUT2D eigenvalue weighted by molar-refractivity contribution is 5.98. The van der Waals surface area contributed by atoms with Crippen LogP contribution < -0.4 is 15.5 Å². The maximum Gasteiger partial charge on any atom is 0.241 e. The minimum atomic E-state index is -0.0786. The van der Waals surface area contributed by atoms with Gasteiger partial charge >= 0.3 is 0 Å². The normalized spacial score (nSPS) is 21.9. The van der Waals surface area contributed by atoms with Crippen LogP contribution in [-0.2, 0) is 9.59 Å². The van der Waals surface area contributed by atoms with Crippen LogP contribution in [0.5, 0.6) is 0 Å². The van der Waals surface area contributed by atoms with Crippen molar-refractivity contribution < 1.29 is 9.59 Å². The van der Waals surface area contributed by atoms with Crippen molar-refractivity contribution in [3.05, 3.63) is 23.8 Å². The zero-order chi connectivity index (χ0) is 14.8. The third-order valence-corrected chi connectivity index (χ3v) is 4.21. The number of amides is 2. The predicted molar refractivity (Wildman–Crippen MR) is 82.4 cm³/mol. The lowest BCUT2D eigenvalue weighted by atomic mass is 10.1. The second kappa shape index (κ2) is 5.85. The van der Waals surface area contributed by atoms with Crippen molar-refractivity contribution in [2.75, 3.05) is 23.3 Å². The van der Waals surface area contributed by atoms with Gasteiger partial charge in [-0.15, -0.1) is 0 Å². The summed E-state index contributed by atoms with van der Waals surface area (Å²) in [6.45, 7) is 3.68. The average Bonchev–Trinajstić information content (AvgIpc) is 3.10. The van der Waals surface area contributed by atoms with Gasteiger partial charge in [-0.2, -0.15) is 0 Å². The Morgan fingerprint density at radius 2 is 2.24 bits per heavy atom. The van der Waals surface area contributed by atoms with E-state index in [-0.39, 0.29) is 17.9 Å². The topological polar surface area (TPSA) is 61.4 Å². The standard InChI is InChI=1S/C16H21N3O2/c1-11-10-12(18-16(21)13-4-2-8-17-13)6-7-14(11)19-9-3-5-15(19)20/h6-7,10,13,17H,2-5,8-9H2,1H3,(H,18,21)/t13-/m0/s1. The number of benzene rings is 1. The highest BCUT2D eigenvalue weighted by Crippen LogP contribution is 2.27. The van der Waals surface area contributed by atoms with Crippen molar-refractivity contribution >= 4 is 23.2 Å². The third-order valence-electron chi connectivity index (χ3n) is 4.21. The number of carbonyl (C=O) groups is 2. The minimum absolute atomic E-state index is 0.0249. The van der Waals surface area contributed by atoms with E-state index in [9.17, 15) is 9.59 Å². The summed E-state index contributed by atoms with van der Waals surface area (Å²) < 4.78 is 0. The molecule has 0 unspecified atom stereocenters. The Balaban J connectivity index is 1.71. The first kappa shape index (κ1) is 14.1. The van der Waals surface area contributed by atoms with Crippen LogP contribution in [0.15, 0.2) is 18.2 Å². The number of hydrogen-bond acceptors (Lipinski definition) is 3. The Morgan fingerprint density at radius 1 is 1.38 bits per heavy atom. The zero-order valence-electron chi connectivity index (χ0n) is 12.3. The van der Waals surface area contributed by atoms with Gasteiger partial charge in [0, 0.05) is 24.3 Å². The fraction of sp³-hybridized carbons (Fsp3) is 0.500. The first-order valence-electron chi connectivity index (χ1n) is 7.60. The Hall–Kier alpha value is -1.88. The number of hydrogen-bond donors (Lipinski definition) is 2. The molecule has 0 aliphatic carbocycles. The molecule has 0 saturated carbocycles. The molecule has 1 aromatic carbocycles. The van der Waals surface area contributed by atoms with Crippen LogP contribution in [0, 0.1) is 6.92 Å². The van der Waals surface area contributed by atoms with Crippen LogP contribution in [0.1, 0.15) is 31.2 Å². The molecule has 0 spiro atoms. The molecule has 5 heteroatoms. The summed E-state index contributed by atoms with van der Waals surface area (Å²) in [4.78, 5) is 25.7. The van der Waals surface area contributed by atoms with Gasteiger partial charge in [0.1, 0.15) is 0 Å². The van der Waals surface area contributed by atoms with E-state index in [1.807, 2.05) is 30.0 Å². The first-order valence-corrected chi connectivity index (χ1v) is 7.60. The summed E-state index contributed by atoms with van der Waals surface area (Å²) in [6, 6.07) is 5.66. The fourth-order valence-corrected chi connectivity index (χ4v) is 3.08. The van der Waals surface area contributed by atoms with E-state index in [1.54, 1.807) is 0 Å². The Bertz CT molecular complexity index is 565. The zero-order valence-corrected chi connectivity index (χ0v) is 12.3. The Kier molecular flexibility index (Phi) is 3.92. The largest absolute Gasteiger partial charge is 0.325 e. The Labute approximate surface area is 124 Å². The van der Waals surface area contributed by atoms with Gasteiger partial charge in [0.05, 0.1) is 6.04 Å². The number of carbonyl (C=O) groups excluding carboxylic acids is 2. The van der Waals surface area contributed by atoms with Gasteiger partial charge in [0.25, 0.3) is 0 Å². The van der Waals surface area contributed by atoms with Crippen LogP contribution in [-0.4, -0.2) is 30.9 Å². The van der Waals surface area contributed by atoms with Gasteiger partial charge in [-0.05, 0) is 56.5 Å². The molecule has 3 rings (SSSR count). The summed E-state index contributed by atoms with van der Waals surface area (Å²) >= 11 is 0. The second-order valence-electron chi connectivity index (χ2n) is 5.79. The van der Waals surface area contributed by atoms with Crippen LogP contribution in [0.2, 0.25) is 0 Å². The van der Waals surface area contributed by atoms with Crippen molar-refractivity contribution in [3.8, 4) is 0 Å². The maximum atomic E-state index is 12.1. The van der Waals surface area contributed by atoms with E-state index in [0.717, 1.165) is 49.3 Å². The van der Waals surface area contributed by atoms with Crippen LogP contribution in [0.25, 0.3) is 0 Å². The van der Waals surface area contributed by atoms with Gasteiger partial charge < -0.3 is 15.5 Å². The van der Waals surface area contributed by atoms with E-state index in [4.69, 9.17) is 0 Å². The second-order valence-corrected chi connectivity index (χ2v) is 5.79. The highest BCUT2D eigenvalue weighted by atomic mass is 16.2. The van der Waals surface area contributed by atoms with E-state index in [1.165, 1.54) is 0 Å². The molecule has 0 radical (unpaired) electrons. The number of nitrogens with zero attached hydrogens (tertiary/aromatic N) is 1. The van der Waals surface area contributed by atoms with E-state index >= 15 is 0 Å². The highest BCUT2D eigenvalue weighted by Gasteiger charge is 2.24. The lowest BCUT2D eigenvalue weighted by Gasteiger charge is -2.19. The number of aryl methyl sites for hydroxylation is 1. The van der Waals surface area contributed by atoms with Crippen LogP contribution in [0.4, 0.5) is 11.4 Å². The molecule has 2 saturated heterocycles. The van der Waals surface area contributed by atoms with Crippen molar-refractivity contribution in [2.24, 2.45) is 0 Å². The van der Waals surface area contributed by atoms with Gasteiger partial charge in [0.2, 0.25) is 11.8 Å². The number of nitrogens with one attached hydrogen (secondary N) is 2. The molecule has 0 bridgehead atoms. The van der Waals surface area contributed by atoms with E-state index in [0.29, 0.717) is 6.42 Å². The molecule has 0 aromatic heterocycles. The monoisotopic (exact) mass is 287 g/mol. The molecule has 5 nitrogen and oxygen atoms in total. The molecule has 2 aliphatic rings. The fourth-order valence-electron chi connectivity index (χ4n) is 3.08. The molecule has 2 N–H and O–H groups in total. The molecule has 2 aliphatic heterocycles. The maximum absolute atomic E-state index is 12.1. The summed E-state index contributed by atoms with van der Waals surface area (Å²) in [7, 11) is 0. The van der Waals surface area contributed by atoms with E-state index in [2.05, 4.69) is 10.6 Å². The quantitative estimate of drug-likeness (QED) is 0.891. The molecule has 2 heterocycles. The van der Waals surface area contributed by atoms with E-state index < -0.39 is 0 Å². The van der Waals surface area contributed by atoms with Crippen molar-refractivity contribution in [1.82, 2.24) is 5.32 Å². The molecule has 1 atom stereocenters. The lowest BCUT2D eigenvalue weighted by molar-refractivity contribution is -0.118. The lowest BCUT2D eigenvalue weighted by Crippen LogP contribution is -2.35. The predicted octanol–water partition coefficient (Wildman–Crippen LogP) is 1.81. The number of rotatable bonds is 3. The van der Waals surface area contributed by atoms with Crippen molar-refractivity contribution in [1.29, 1.82) is 0 Å². The molecule has 1 aromatic rings. The molecule has 2 fully saturated rings. The van der Waals surface area contributed by atoms with Gasteiger partial charge in [-0.3, -0.25) is 9.59 Å². The summed E-state index contributed by atoms with van der Waals surface area (Å²) in [5.41, 5.74) is 2.76. The molecule has 21 heavy (non-hydrogen) atoms. The average molecular weight is 287 g/mol. The Morgan fingerprint density at radius 3 is 2.86 bits per heavy atom. The van der Waals surface area contributed by atoms with Gasteiger partial charge in [0.15, 0.2) is 0 Å². The van der Waals surface area contributed by atoms with Crippen molar-refractivity contribution in [3.63, 3.8) is 0 Å². The summed E-state index contributed by atoms with van der Waals surface area (Å²) in [6.07, 6.45) is 3.49. The molecule has 2 amide bonds. The SMILES string of the molecule is Cc1cc(NC(=O)[C@@H]2CCCN2)ccc1N1CCCC1=O. The van der Waals surface area contributed by atoms with Crippen LogP contribution >= 0.6 is 0 Å². The molecule has 112 valence electrons. The van der Waals surface area contributed by atoms with Gasteiger partial charge in [-0.1, -0.05) is 0 Å². The van der Waals surface area contributed by atoms with Crippen LogP contribution in [0.3, 0.4) is 0 Å². The smallest absolute Gasteiger partial charge is 0.241 e. The molecular formula is C16H21N3O2. The van der Waals surface area contributed by atoms with Crippen molar-refractivity contribution in [2.45, 2.75) is 38.6 Å². The number of anilines is 2. The summed E-state index contributed by atoms with van der Waals surface area (Å²) in [5.74, 6) is 0.210. The first-order chi connectivity index (χ1) is 10.1. The van der Waals surface area contributed by atoms with Gasteiger partial charge in [-0.25, -0.2) is 0 Å². The third kappa shape index (κ3) is 2.93. The summed E-state index contributed by atoms with van der Waals surface area (Å²) in [5, 5.41) is 6.14.